The van der Waals surface area contributed by atoms with Crippen molar-refractivity contribution in [3.63, 3.8) is 0 Å². The van der Waals surface area contributed by atoms with E-state index in [1.54, 1.807) is 24.7 Å². The van der Waals surface area contributed by atoms with Gasteiger partial charge in [0.05, 0.1) is 11.9 Å². The zero-order valence-corrected chi connectivity index (χ0v) is 7.81. The standard InChI is InChI=1S/C11H10N2O/c1-8-2-3-11(14)9(6-8)10-7-12-4-5-13-10/h2-7,14H,1H3. The molecule has 0 atom stereocenters. The van der Waals surface area contributed by atoms with E-state index in [-0.39, 0.29) is 5.75 Å². The van der Waals surface area contributed by atoms with Gasteiger partial charge >= 0.3 is 0 Å². The second-order valence-corrected chi connectivity index (χ2v) is 3.11. The fourth-order valence-corrected chi connectivity index (χ4v) is 1.29. The summed E-state index contributed by atoms with van der Waals surface area (Å²) in [4.78, 5) is 8.09. The second-order valence-electron chi connectivity index (χ2n) is 3.11. The summed E-state index contributed by atoms with van der Waals surface area (Å²) < 4.78 is 0. The van der Waals surface area contributed by atoms with Crippen molar-refractivity contribution in [3.05, 3.63) is 42.4 Å². The molecule has 0 saturated heterocycles. The minimum atomic E-state index is 0.233. The van der Waals surface area contributed by atoms with Crippen LogP contribution in [-0.4, -0.2) is 15.1 Å². The fraction of sp³-hybridized carbons (Fsp3) is 0.0909. The molecule has 1 aromatic heterocycles. The Morgan fingerprint density at radius 2 is 2.07 bits per heavy atom. The molecule has 0 aliphatic carbocycles. The fourth-order valence-electron chi connectivity index (χ4n) is 1.29. The van der Waals surface area contributed by atoms with Gasteiger partial charge in [-0.3, -0.25) is 9.97 Å². The number of nitrogens with zero attached hydrogens (tertiary/aromatic N) is 2. The Kier molecular flexibility index (Phi) is 2.14. The van der Waals surface area contributed by atoms with Gasteiger partial charge in [-0.1, -0.05) is 11.6 Å². The van der Waals surface area contributed by atoms with Gasteiger partial charge in [0.2, 0.25) is 0 Å². The molecular weight excluding hydrogens is 176 g/mol. The number of aromatic hydroxyl groups is 1. The average Bonchev–Trinajstić information content (AvgIpc) is 2.23. The first-order valence-corrected chi connectivity index (χ1v) is 4.33. The van der Waals surface area contributed by atoms with Gasteiger partial charge in [-0.05, 0) is 19.1 Å². The molecule has 0 spiro atoms. The number of phenols is 1. The predicted octanol–water partition coefficient (Wildman–Crippen LogP) is 2.16. The molecule has 0 aliphatic heterocycles. The van der Waals surface area contributed by atoms with Crippen LogP contribution in [0, 0.1) is 6.92 Å². The first-order valence-electron chi connectivity index (χ1n) is 4.33. The van der Waals surface area contributed by atoms with Crippen molar-refractivity contribution >= 4 is 0 Å². The largest absolute Gasteiger partial charge is 0.507 e. The van der Waals surface area contributed by atoms with Gasteiger partial charge in [-0.2, -0.15) is 0 Å². The van der Waals surface area contributed by atoms with E-state index in [0.29, 0.717) is 5.69 Å². The van der Waals surface area contributed by atoms with Crippen LogP contribution >= 0.6 is 0 Å². The molecule has 1 N–H and O–H groups in total. The summed E-state index contributed by atoms with van der Waals surface area (Å²) in [7, 11) is 0. The van der Waals surface area contributed by atoms with Crippen LogP contribution in [0.15, 0.2) is 36.8 Å². The van der Waals surface area contributed by atoms with Crippen molar-refractivity contribution < 1.29 is 5.11 Å². The van der Waals surface area contributed by atoms with E-state index in [1.807, 2.05) is 19.1 Å². The summed E-state index contributed by atoms with van der Waals surface area (Å²) in [5.41, 5.74) is 2.50. The molecule has 2 aromatic rings. The van der Waals surface area contributed by atoms with Gasteiger partial charge in [-0.15, -0.1) is 0 Å². The van der Waals surface area contributed by atoms with Crippen LogP contribution in [0.25, 0.3) is 11.3 Å². The maximum Gasteiger partial charge on any atom is 0.125 e. The lowest BCUT2D eigenvalue weighted by atomic mass is 10.1. The van der Waals surface area contributed by atoms with Crippen LogP contribution in [0.3, 0.4) is 0 Å². The third-order valence-electron chi connectivity index (χ3n) is 1.99. The van der Waals surface area contributed by atoms with Gasteiger partial charge in [0, 0.05) is 18.0 Å². The van der Waals surface area contributed by atoms with Gasteiger partial charge in [0.25, 0.3) is 0 Å². The lowest BCUT2D eigenvalue weighted by Crippen LogP contribution is -1.85. The van der Waals surface area contributed by atoms with Crippen molar-refractivity contribution in [1.82, 2.24) is 9.97 Å². The Balaban J connectivity index is 2.57. The smallest absolute Gasteiger partial charge is 0.125 e. The topological polar surface area (TPSA) is 46.0 Å². The Morgan fingerprint density at radius 1 is 1.21 bits per heavy atom. The highest BCUT2D eigenvalue weighted by atomic mass is 16.3. The molecule has 0 amide bonds. The molecule has 70 valence electrons. The van der Waals surface area contributed by atoms with Crippen molar-refractivity contribution in [1.29, 1.82) is 0 Å². The number of aryl methyl sites for hydroxylation is 1. The number of aromatic nitrogens is 2. The molecule has 0 bridgehead atoms. The minimum Gasteiger partial charge on any atom is -0.507 e. The van der Waals surface area contributed by atoms with Gasteiger partial charge < -0.3 is 5.11 Å². The van der Waals surface area contributed by atoms with Crippen LogP contribution in [0.2, 0.25) is 0 Å². The Morgan fingerprint density at radius 3 is 2.79 bits per heavy atom. The summed E-state index contributed by atoms with van der Waals surface area (Å²) in [6, 6.07) is 5.41. The van der Waals surface area contributed by atoms with Crippen molar-refractivity contribution in [3.8, 4) is 17.0 Å². The maximum atomic E-state index is 9.62. The van der Waals surface area contributed by atoms with Crippen molar-refractivity contribution in [2.45, 2.75) is 6.92 Å². The number of hydrogen-bond acceptors (Lipinski definition) is 3. The van der Waals surface area contributed by atoms with Crippen LogP contribution in [0.4, 0.5) is 0 Å². The third kappa shape index (κ3) is 1.57. The highest BCUT2D eigenvalue weighted by molar-refractivity contribution is 5.66. The highest BCUT2D eigenvalue weighted by Crippen LogP contribution is 2.27. The van der Waals surface area contributed by atoms with E-state index in [4.69, 9.17) is 0 Å². The SMILES string of the molecule is Cc1ccc(O)c(-c2cnccn2)c1. The lowest BCUT2D eigenvalue weighted by Gasteiger charge is -2.03. The summed E-state index contributed by atoms with van der Waals surface area (Å²) in [5.74, 6) is 0.233. The van der Waals surface area contributed by atoms with E-state index < -0.39 is 0 Å². The molecule has 2 rings (SSSR count). The van der Waals surface area contributed by atoms with Crippen LogP contribution < -0.4 is 0 Å². The lowest BCUT2D eigenvalue weighted by molar-refractivity contribution is 0.477. The molecule has 0 saturated carbocycles. The molecule has 1 heterocycles. The van der Waals surface area contributed by atoms with E-state index >= 15 is 0 Å². The van der Waals surface area contributed by atoms with Gasteiger partial charge in [0.1, 0.15) is 5.75 Å². The zero-order chi connectivity index (χ0) is 9.97. The van der Waals surface area contributed by atoms with Crippen LogP contribution in [0.5, 0.6) is 5.75 Å². The summed E-state index contributed by atoms with van der Waals surface area (Å²) in [6.45, 7) is 1.97. The van der Waals surface area contributed by atoms with E-state index in [1.165, 1.54) is 0 Å². The first kappa shape index (κ1) is 8.69. The summed E-state index contributed by atoms with van der Waals surface area (Å²) in [5, 5.41) is 9.62. The first-order chi connectivity index (χ1) is 6.77. The molecule has 0 fully saturated rings. The average molecular weight is 186 g/mol. The van der Waals surface area contributed by atoms with Crippen LogP contribution in [0.1, 0.15) is 5.56 Å². The molecule has 0 radical (unpaired) electrons. The number of phenolic OH excluding ortho intramolecular Hbond substituents is 1. The van der Waals surface area contributed by atoms with Gasteiger partial charge in [-0.25, -0.2) is 0 Å². The van der Waals surface area contributed by atoms with E-state index in [0.717, 1.165) is 11.1 Å². The third-order valence-corrected chi connectivity index (χ3v) is 1.99. The highest BCUT2D eigenvalue weighted by Gasteiger charge is 2.04. The monoisotopic (exact) mass is 186 g/mol. The zero-order valence-electron chi connectivity index (χ0n) is 7.81. The molecular formula is C11H10N2O. The Labute approximate surface area is 82.1 Å². The molecule has 14 heavy (non-hydrogen) atoms. The quantitative estimate of drug-likeness (QED) is 0.742. The van der Waals surface area contributed by atoms with Crippen molar-refractivity contribution in [2.24, 2.45) is 0 Å². The molecule has 0 aliphatic rings. The molecule has 0 unspecified atom stereocenters. The maximum absolute atomic E-state index is 9.62. The van der Waals surface area contributed by atoms with E-state index in [9.17, 15) is 5.11 Å². The van der Waals surface area contributed by atoms with Crippen molar-refractivity contribution in [2.75, 3.05) is 0 Å². The van der Waals surface area contributed by atoms with Crippen LogP contribution in [-0.2, 0) is 0 Å². The minimum absolute atomic E-state index is 0.233. The Bertz CT molecular complexity index is 440. The van der Waals surface area contributed by atoms with E-state index in [2.05, 4.69) is 9.97 Å². The predicted molar refractivity (Wildman–Crippen MR) is 53.9 cm³/mol. The number of rotatable bonds is 1. The second kappa shape index (κ2) is 3.46. The summed E-state index contributed by atoms with van der Waals surface area (Å²) >= 11 is 0. The molecule has 3 nitrogen and oxygen atoms in total. The number of hydrogen-bond donors (Lipinski definition) is 1. The normalized spacial score (nSPS) is 10.1. The molecule has 1 aromatic carbocycles. The molecule has 3 heteroatoms. The number of benzene rings is 1. The van der Waals surface area contributed by atoms with Gasteiger partial charge in [0.15, 0.2) is 0 Å². The summed E-state index contributed by atoms with van der Waals surface area (Å²) in [6.07, 6.45) is 4.85. The Hall–Kier alpha value is -1.90.